The molecule has 2 aliphatic rings. The van der Waals surface area contributed by atoms with Gasteiger partial charge in [0, 0.05) is 31.7 Å². The number of aliphatic carboxylic acids is 1. The summed E-state index contributed by atoms with van der Waals surface area (Å²) < 4.78 is 0. The summed E-state index contributed by atoms with van der Waals surface area (Å²) >= 11 is 0. The molecule has 0 aromatic carbocycles. The van der Waals surface area contributed by atoms with Crippen molar-refractivity contribution in [2.45, 2.75) is 45.2 Å². The van der Waals surface area contributed by atoms with E-state index in [4.69, 9.17) is 0 Å². The second-order valence-electron chi connectivity index (χ2n) is 7.92. The molecule has 0 aromatic heterocycles. The van der Waals surface area contributed by atoms with Gasteiger partial charge in [0.25, 0.3) is 0 Å². The zero-order chi connectivity index (χ0) is 18.6. The molecule has 2 amide bonds. The van der Waals surface area contributed by atoms with Gasteiger partial charge in [0.05, 0.1) is 13.1 Å². The Morgan fingerprint density at radius 2 is 1.68 bits per heavy atom. The molecule has 0 saturated carbocycles. The third kappa shape index (κ3) is 5.97. The Hall–Kier alpha value is -1.67. The fourth-order valence-electron chi connectivity index (χ4n) is 3.39. The zero-order valence-electron chi connectivity index (χ0n) is 15.5. The lowest BCUT2D eigenvalue weighted by atomic mass is 10.1. The highest BCUT2D eigenvalue weighted by Crippen LogP contribution is 2.17. The van der Waals surface area contributed by atoms with E-state index in [1.807, 2.05) is 25.7 Å². The first-order valence-corrected chi connectivity index (χ1v) is 8.94. The van der Waals surface area contributed by atoms with Crippen molar-refractivity contribution in [3.63, 3.8) is 0 Å². The Balaban J connectivity index is 1.75. The fourth-order valence-corrected chi connectivity index (χ4v) is 3.39. The summed E-state index contributed by atoms with van der Waals surface area (Å²) in [4.78, 5) is 41.2. The smallest absolute Gasteiger partial charge is 0.320 e. The maximum absolute atomic E-state index is 12.4. The highest BCUT2D eigenvalue weighted by Gasteiger charge is 2.33. The summed E-state index contributed by atoms with van der Waals surface area (Å²) in [6.45, 7) is 9.49. The minimum atomic E-state index is -0.847. The van der Waals surface area contributed by atoms with Crippen molar-refractivity contribution >= 4 is 17.8 Å². The van der Waals surface area contributed by atoms with Crippen LogP contribution in [0.1, 0.15) is 33.6 Å². The molecule has 0 unspecified atom stereocenters. The molecule has 0 aromatic rings. The van der Waals surface area contributed by atoms with Crippen molar-refractivity contribution in [1.29, 1.82) is 0 Å². The highest BCUT2D eigenvalue weighted by molar-refractivity contribution is 5.81. The van der Waals surface area contributed by atoms with Crippen molar-refractivity contribution in [2.75, 3.05) is 45.8 Å². The normalized spacial score (nSPS) is 22.8. The van der Waals surface area contributed by atoms with Crippen LogP contribution in [0, 0.1) is 0 Å². The number of rotatable bonds is 5. The summed E-state index contributed by atoms with van der Waals surface area (Å²) in [6, 6.07) is -0.536. The van der Waals surface area contributed by atoms with Crippen molar-refractivity contribution in [1.82, 2.24) is 20.0 Å². The number of likely N-dealkylation sites (tertiary alicyclic amines) is 1. The van der Waals surface area contributed by atoms with E-state index >= 15 is 0 Å². The average molecular weight is 354 g/mol. The molecule has 0 radical (unpaired) electrons. The third-order valence-corrected chi connectivity index (χ3v) is 4.59. The number of carboxylic acids is 1. The first-order chi connectivity index (χ1) is 11.7. The van der Waals surface area contributed by atoms with Crippen LogP contribution in [-0.2, 0) is 14.4 Å². The van der Waals surface area contributed by atoms with Crippen LogP contribution in [0.15, 0.2) is 0 Å². The fraction of sp³-hybridized carbons (Fsp3) is 0.824. The van der Waals surface area contributed by atoms with E-state index in [2.05, 4.69) is 5.32 Å². The summed E-state index contributed by atoms with van der Waals surface area (Å²) in [7, 11) is 0. The lowest BCUT2D eigenvalue weighted by Gasteiger charge is -2.36. The molecular formula is C17H30N4O4. The highest BCUT2D eigenvalue weighted by atomic mass is 16.4. The molecule has 1 atom stereocenters. The van der Waals surface area contributed by atoms with E-state index in [0.717, 1.165) is 6.42 Å². The molecule has 142 valence electrons. The van der Waals surface area contributed by atoms with Crippen LogP contribution in [-0.4, -0.2) is 95.0 Å². The van der Waals surface area contributed by atoms with Crippen molar-refractivity contribution in [3.05, 3.63) is 0 Å². The molecule has 0 bridgehead atoms. The molecule has 2 aliphatic heterocycles. The maximum atomic E-state index is 12.4. The van der Waals surface area contributed by atoms with Gasteiger partial charge in [0.15, 0.2) is 0 Å². The predicted molar refractivity (Wildman–Crippen MR) is 93.1 cm³/mol. The van der Waals surface area contributed by atoms with Crippen molar-refractivity contribution < 1.29 is 19.5 Å². The second-order valence-corrected chi connectivity index (χ2v) is 7.92. The summed E-state index contributed by atoms with van der Waals surface area (Å²) in [5.41, 5.74) is -0.245. The third-order valence-electron chi connectivity index (χ3n) is 4.59. The molecule has 0 aliphatic carbocycles. The minimum Gasteiger partial charge on any atom is -0.480 e. The Morgan fingerprint density at radius 1 is 1.04 bits per heavy atom. The second kappa shape index (κ2) is 8.14. The molecule has 2 N–H and O–H groups in total. The molecule has 8 nitrogen and oxygen atoms in total. The van der Waals surface area contributed by atoms with Crippen LogP contribution in [0.5, 0.6) is 0 Å². The standard InChI is InChI=1S/C17H30N4O4/c1-17(2,3)18-14(22)11-19-7-9-20(10-8-19)15(23)12-21-6-4-5-13(21)16(24)25/h13H,4-12H2,1-3H3,(H,18,22)(H,24,25)/t13-/m1/s1. The van der Waals surface area contributed by atoms with Gasteiger partial charge >= 0.3 is 5.97 Å². The first kappa shape index (κ1) is 19.7. The molecule has 25 heavy (non-hydrogen) atoms. The monoisotopic (exact) mass is 354 g/mol. The number of carboxylic acid groups (broad SMARTS) is 1. The zero-order valence-corrected chi connectivity index (χ0v) is 15.5. The van der Waals surface area contributed by atoms with Gasteiger partial charge in [0.2, 0.25) is 11.8 Å². The number of hydrogen-bond donors (Lipinski definition) is 2. The number of carbonyl (C=O) groups excluding carboxylic acids is 2. The molecule has 2 saturated heterocycles. The van der Waals surface area contributed by atoms with Gasteiger partial charge < -0.3 is 15.3 Å². The van der Waals surface area contributed by atoms with Gasteiger partial charge in [-0.15, -0.1) is 0 Å². The van der Waals surface area contributed by atoms with Crippen LogP contribution in [0.2, 0.25) is 0 Å². The Morgan fingerprint density at radius 3 is 2.24 bits per heavy atom. The van der Waals surface area contributed by atoms with E-state index in [1.54, 1.807) is 9.80 Å². The topological polar surface area (TPSA) is 93.2 Å². The van der Waals surface area contributed by atoms with Crippen molar-refractivity contribution in [3.8, 4) is 0 Å². The molecular weight excluding hydrogens is 324 g/mol. The number of amides is 2. The molecule has 8 heteroatoms. The Kier molecular flexibility index (Phi) is 6.40. The van der Waals surface area contributed by atoms with Crippen molar-refractivity contribution in [2.24, 2.45) is 0 Å². The van der Waals surface area contributed by atoms with E-state index in [0.29, 0.717) is 45.7 Å². The van der Waals surface area contributed by atoms with E-state index < -0.39 is 12.0 Å². The van der Waals surface area contributed by atoms with Gasteiger partial charge in [-0.05, 0) is 40.2 Å². The molecule has 2 rings (SSSR count). The lowest BCUT2D eigenvalue weighted by Crippen LogP contribution is -2.54. The van der Waals surface area contributed by atoms with Gasteiger partial charge in [-0.2, -0.15) is 0 Å². The van der Waals surface area contributed by atoms with Gasteiger partial charge in [-0.25, -0.2) is 0 Å². The average Bonchev–Trinajstić information content (AvgIpc) is 2.94. The number of nitrogens with one attached hydrogen (secondary N) is 1. The summed E-state index contributed by atoms with van der Waals surface area (Å²) in [6.07, 6.45) is 1.43. The van der Waals surface area contributed by atoms with Gasteiger partial charge in [0.1, 0.15) is 6.04 Å². The SMILES string of the molecule is CC(C)(C)NC(=O)CN1CCN(C(=O)CN2CCC[C@@H]2C(=O)O)CC1. The number of nitrogens with zero attached hydrogens (tertiary/aromatic N) is 3. The van der Waals surface area contributed by atoms with E-state index in [-0.39, 0.29) is 23.9 Å². The first-order valence-electron chi connectivity index (χ1n) is 8.94. The van der Waals surface area contributed by atoms with Gasteiger partial charge in [-0.1, -0.05) is 0 Å². The Labute approximate surface area is 149 Å². The lowest BCUT2D eigenvalue weighted by molar-refractivity contribution is -0.143. The largest absolute Gasteiger partial charge is 0.480 e. The molecule has 2 heterocycles. The predicted octanol–water partition coefficient (Wildman–Crippen LogP) is -0.406. The molecule has 0 spiro atoms. The number of piperazine rings is 1. The van der Waals surface area contributed by atoms with E-state index in [9.17, 15) is 19.5 Å². The van der Waals surface area contributed by atoms with E-state index in [1.165, 1.54) is 0 Å². The quantitative estimate of drug-likeness (QED) is 0.698. The van der Waals surface area contributed by atoms with Crippen LogP contribution in [0.4, 0.5) is 0 Å². The summed E-state index contributed by atoms with van der Waals surface area (Å²) in [5, 5.41) is 12.1. The van der Waals surface area contributed by atoms with Crippen LogP contribution in [0.25, 0.3) is 0 Å². The van der Waals surface area contributed by atoms with Crippen LogP contribution in [0.3, 0.4) is 0 Å². The minimum absolute atomic E-state index is 0.00589. The van der Waals surface area contributed by atoms with Gasteiger partial charge in [-0.3, -0.25) is 24.2 Å². The number of hydrogen-bond acceptors (Lipinski definition) is 5. The maximum Gasteiger partial charge on any atom is 0.320 e. The summed E-state index contributed by atoms with van der Waals surface area (Å²) in [5.74, 6) is -0.874. The van der Waals surface area contributed by atoms with Crippen LogP contribution < -0.4 is 5.32 Å². The number of carbonyl (C=O) groups is 3. The Bertz CT molecular complexity index is 509. The molecule has 2 fully saturated rings. The van der Waals surface area contributed by atoms with Crippen LogP contribution >= 0.6 is 0 Å².